The van der Waals surface area contributed by atoms with Crippen molar-refractivity contribution in [3.05, 3.63) is 61.2 Å². The van der Waals surface area contributed by atoms with Crippen molar-refractivity contribution >= 4 is 53.5 Å². The summed E-state index contributed by atoms with van der Waals surface area (Å²) >= 11 is 10.2. The van der Waals surface area contributed by atoms with Crippen LogP contribution in [0.25, 0.3) is 0 Å². The van der Waals surface area contributed by atoms with Crippen molar-refractivity contribution in [2.24, 2.45) is 0 Å². The Bertz CT molecular complexity index is 552. The maximum absolute atomic E-state index is 13.2. The Morgan fingerprint density at radius 3 is 2.39 bits per heavy atom. The third-order valence-electron chi connectivity index (χ3n) is 2.34. The van der Waals surface area contributed by atoms with Gasteiger partial charge in [-0.05, 0) is 57.9 Å². The number of benzene rings is 2. The van der Waals surface area contributed by atoms with Gasteiger partial charge in [-0.2, -0.15) is 0 Å². The van der Waals surface area contributed by atoms with Crippen molar-refractivity contribution in [2.45, 2.75) is 6.54 Å². The summed E-state index contributed by atoms with van der Waals surface area (Å²) in [5.74, 6) is -0.240. The fourth-order valence-electron chi connectivity index (χ4n) is 1.54. The maximum atomic E-state index is 13.2. The van der Waals surface area contributed by atoms with Gasteiger partial charge >= 0.3 is 0 Å². The largest absolute Gasteiger partial charge is 0.380 e. The first-order valence-electron chi connectivity index (χ1n) is 5.18. The summed E-state index contributed by atoms with van der Waals surface area (Å²) in [6.45, 7) is 0.566. The molecule has 0 radical (unpaired) electrons. The van der Waals surface area contributed by atoms with Crippen LogP contribution < -0.4 is 5.32 Å². The molecule has 2 aromatic rings. The topological polar surface area (TPSA) is 12.0 Å². The molecule has 0 aliphatic heterocycles. The SMILES string of the molecule is Fc1cc(Br)cc(CNc2ccc(Br)cc2Br)c1. The van der Waals surface area contributed by atoms with Crippen LogP contribution in [0.3, 0.4) is 0 Å². The minimum atomic E-state index is -0.240. The molecule has 2 rings (SSSR count). The van der Waals surface area contributed by atoms with Gasteiger partial charge in [0.1, 0.15) is 5.82 Å². The second-order valence-corrected chi connectivity index (χ2v) is 6.44. The van der Waals surface area contributed by atoms with Gasteiger partial charge in [0.2, 0.25) is 0 Å². The predicted octanol–water partition coefficient (Wildman–Crippen LogP) is 5.73. The molecule has 0 spiro atoms. The van der Waals surface area contributed by atoms with Crippen LogP contribution in [0.4, 0.5) is 10.1 Å². The molecule has 0 fully saturated rings. The number of hydrogen-bond acceptors (Lipinski definition) is 1. The molecular weight excluding hydrogens is 429 g/mol. The average molecular weight is 438 g/mol. The Morgan fingerprint density at radius 2 is 1.72 bits per heavy atom. The van der Waals surface area contributed by atoms with E-state index in [4.69, 9.17) is 0 Å². The van der Waals surface area contributed by atoms with E-state index >= 15 is 0 Å². The van der Waals surface area contributed by atoms with Crippen LogP contribution in [0.2, 0.25) is 0 Å². The van der Waals surface area contributed by atoms with Gasteiger partial charge < -0.3 is 5.32 Å². The Kier molecular flexibility index (Phi) is 4.81. The van der Waals surface area contributed by atoms with Crippen molar-refractivity contribution in [2.75, 3.05) is 5.32 Å². The second kappa shape index (κ2) is 6.17. The van der Waals surface area contributed by atoms with Gasteiger partial charge in [-0.3, -0.25) is 0 Å². The molecule has 5 heteroatoms. The molecule has 0 aromatic heterocycles. The van der Waals surface area contributed by atoms with Crippen molar-refractivity contribution in [1.82, 2.24) is 0 Å². The molecule has 0 saturated heterocycles. The van der Waals surface area contributed by atoms with Gasteiger partial charge in [-0.25, -0.2) is 4.39 Å². The maximum Gasteiger partial charge on any atom is 0.124 e. The van der Waals surface area contributed by atoms with Gasteiger partial charge in [-0.15, -0.1) is 0 Å². The van der Waals surface area contributed by atoms with Gasteiger partial charge in [0, 0.05) is 25.7 Å². The van der Waals surface area contributed by atoms with Crippen LogP contribution in [0.15, 0.2) is 49.8 Å². The van der Waals surface area contributed by atoms with Crippen LogP contribution in [0.5, 0.6) is 0 Å². The number of hydrogen-bond donors (Lipinski definition) is 1. The molecule has 0 unspecified atom stereocenters. The van der Waals surface area contributed by atoms with Gasteiger partial charge in [0.15, 0.2) is 0 Å². The van der Waals surface area contributed by atoms with Crippen LogP contribution in [-0.4, -0.2) is 0 Å². The quantitative estimate of drug-likeness (QED) is 0.647. The summed E-state index contributed by atoms with van der Waals surface area (Å²) in [7, 11) is 0. The van der Waals surface area contributed by atoms with E-state index in [1.165, 1.54) is 12.1 Å². The average Bonchev–Trinajstić information content (AvgIpc) is 2.26. The lowest BCUT2D eigenvalue weighted by molar-refractivity contribution is 0.625. The van der Waals surface area contributed by atoms with E-state index in [0.717, 1.165) is 24.7 Å². The van der Waals surface area contributed by atoms with Gasteiger partial charge in [0.25, 0.3) is 0 Å². The lowest BCUT2D eigenvalue weighted by Crippen LogP contribution is -2.00. The number of halogens is 4. The smallest absolute Gasteiger partial charge is 0.124 e. The summed E-state index contributed by atoms with van der Waals surface area (Å²) in [4.78, 5) is 0. The first-order valence-corrected chi connectivity index (χ1v) is 7.56. The molecule has 0 aliphatic carbocycles. The van der Waals surface area contributed by atoms with E-state index in [1.807, 2.05) is 24.3 Å². The van der Waals surface area contributed by atoms with Crippen molar-refractivity contribution in [3.63, 3.8) is 0 Å². The van der Waals surface area contributed by atoms with Crippen LogP contribution in [0.1, 0.15) is 5.56 Å². The number of rotatable bonds is 3. The van der Waals surface area contributed by atoms with Crippen LogP contribution in [-0.2, 0) is 6.54 Å². The molecule has 94 valence electrons. The highest BCUT2D eigenvalue weighted by molar-refractivity contribution is 9.11. The summed E-state index contributed by atoms with van der Waals surface area (Å²) in [5, 5.41) is 3.26. The zero-order valence-electron chi connectivity index (χ0n) is 9.18. The molecule has 0 heterocycles. The fourth-order valence-corrected chi connectivity index (χ4v) is 3.24. The van der Waals surface area contributed by atoms with Gasteiger partial charge in [-0.1, -0.05) is 31.9 Å². The summed E-state index contributed by atoms with van der Waals surface area (Å²) in [5.41, 5.74) is 1.86. The molecular formula is C13H9Br3FN. The zero-order chi connectivity index (χ0) is 13.1. The Hall–Kier alpha value is -0.390. The van der Waals surface area contributed by atoms with E-state index < -0.39 is 0 Å². The van der Waals surface area contributed by atoms with E-state index in [2.05, 4.69) is 53.1 Å². The molecule has 0 bridgehead atoms. The highest BCUT2D eigenvalue weighted by atomic mass is 79.9. The molecule has 0 aliphatic rings. The third-order valence-corrected chi connectivity index (χ3v) is 3.94. The van der Waals surface area contributed by atoms with E-state index in [9.17, 15) is 4.39 Å². The predicted molar refractivity (Wildman–Crippen MR) is 83.3 cm³/mol. The molecule has 0 atom stereocenters. The molecule has 2 aromatic carbocycles. The highest BCUT2D eigenvalue weighted by Gasteiger charge is 2.02. The van der Waals surface area contributed by atoms with E-state index in [1.54, 1.807) is 0 Å². The van der Waals surface area contributed by atoms with Crippen LogP contribution >= 0.6 is 47.8 Å². The normalized spacial score (nSPS) is 10.4. The fraction of sp³-hybridized carbons (Fsp3) is 0.0769. The second-order valence-electron chi connectivity index (χ2n) is 3.76. The Labute approximate surface area is 130 Å². The third kappa shape index (κ3) is 3.80. The minimum Gasteiger partial charge on any atom is -0.380 e. The monoisotopic (exact) mass is 435 g/mol. The first-order chi connectivity index (χ1) is 8.54. The lowest BCUT2D eigenvalue weighted by Gasteiger charge is -2.09. The van der Waals surface area contributed by atoms with Crippen LogP contribution in [0, 0.1) is 5.82 Å². The molecule has 1 nitrogen and oxygen atoms in total. The van der Waals surface area contributed by atoms with E-state index in [-0.39, 0.29) is 5.82 Å². The molecule has 0 saturated carbocycles. The molecule has 18 heavy (non-hydrogen) atoms. The van der Waals surface area contributed by atoms with Crippen molar-refractivity contribution < 1.29 is 4.39 Å². The summed E-state index contributed by atoms with van der Waals surface area (Å²) < 4.78 is 15.9. The zero-order valence-corrected chi connectivity index (χ0v) is 13.9. The summed E-state index contributed by atoms with van der Waals surface area (Å²) in [6, 6.07) is 10.7. The van der Waals surface area contributed by atoms with E-state index in [0.29, 0.717) is 6.54 Å². The number of anilines is 1. The Balaban J connectivity index is 2.11. The van der Waals surface area contributed by atoms with Crippen molar-refractivity contribution in [3.8, 4) is 0 Å². The minimum absolute atomic E-state index is 0.240. The number of nitrogens with one attached hydrogen (secondary N) is 1. The summed E-state index contributed by atoms with van der Waals surface area (Å²) in [6.07, 6.45) is 0. The van der Waals surface area contributed by atoms with Crippen molar-refractivity contribution in [1.29, 1.82) is 0 Å². The highest BCUT2D eigenvalue weighted by Crippen LogP contribution is 2.26. The lowest BCUT2D eigenvalue weighted by atomic mass is 10.2. The Morgan fingerprint density at radius 1 is 0.944 bits per heavy atom. The standard InChI is InChI=1S/C13H9Br3FN/c14-9-1-2-13(12(16)6-9)18-7-8-3-10(15)5-11(17)4-8/h1-6,18H,7H2. The first kappa shape index (κ1) is 14.0. The molecule has 1 N–H and O–H groups in total. The van der Waals surface area contributed by atoms with Gasteiger partial charge in [0.05, 0.1) is 0 Å². The molecule has 0 amide bonds.